The summed E-state index contributed by atoms with van der Waals surface area (Å²) in [6, 6.07) is 3.67. The van der Waals surface area contributed by atoms with E-state index in [0.29, 0.717) is 23.8 Å². The number of hydrogen-bond donors (Lipinski definition) is 2. The molecular weight excluding hydrogens is 282 g/mol. The molecular formula is C16H27N3O3. The molecule has 0 radical (unpaired) electrons. The van der Waals surface area contributed by atoms with Crippen LogP contribution in [-0.2, 0) is 6.54 Å². The van der Waals surface area contributed by atoms with Crippen molar-refractivity contribution in [1.82, 2.24) is 10.6 Å². The first kappa shape index (κ1) is 17.9. The van der Waals surface area contributed by atoms with Crippen LogP contribution >= 0.6 is 0 Å². The van der Waals surface area contributed by atoms with E-state index in [2.05, 4.69) is 22.5 Å². The highest BCUT2D eigenvalue weighted by Crippen LogP contribution is 2.34. The molecule has 0 aromatic heterocycles. The second-order valence-corrected chi connectivity index (χ2v) is 4.63. The lowest BCUT2D eigenvalue weighted by Gasteiger charge is -2.15. The third-order valence-corrected chi connectivity index (χ3v) is 3.10. The average Bonchev–Trinajstić information content (AvgIpc) is 2.56. The second kappa shape index (κ2) is 9.76. The molecule has 0 amide bonds. The SMILES string of the molecule is CCCNC(=NCc1c(OC)cc(OC)cc1OC)NCC. The summed E-state index contributed by atoms with van der Waals surface area (Å²) >= 11 is 0. The van der Waals surface area contributed by atoms with Crippen molar-refractivity contribution in [1.29, 1.82) is 0 Å². The summed E-state index contributed by atoms with van der Waals surface area (Å²) in [4.78, 5) is 4.59. The topological polar surface area (TPSA) is 64.1 Å². The van der Waals surface area contributed by atoms with Gasteiger partial charge >= 0.3 is 0 Å². The van der Waals surface area contributed by atoms with Gasteiger partial charge < -0.3 is 24.8 Å². The molecule has 22 heavy (non-hydrogen) atoms. The number of nitrogens with one attached hydrogen (secondary N) is 2. The molecule has 6 heteroatoms. The zero-order chi connectivity index (χ0) is 16.4. The normalized spacial score (nSPS) is 11.0. The fourth-order valence-corrected chi connectivity index (χ4v) is 1.98. The van der Waals surface area contributed by atoms with Crippen LogP contribution < -0.4 is 24.8 Å². The van der Waals surface area contributed by atoms with Gasteiger partial charge in [-0.2, -0.15) is 0 Å². The molecule has 0 spiro atoms. The van der Waals surface area contributed by atoms with E-state index >= 15 is 0 Å². The fraction of sp³-hybridized carbons (Fsp3) is 0.562. The maximum absolute atomic E-state index is 5.43. The quantitative estimate of drug-likeness (QED) is 0.569. The molecule has 0 aliphatic heterocycles. The minimum atomic E-state index is 0.454. The Kier molecular flexibility index (Phi) is 7.96. The Morgan fingerprint density at radius 3 is 2.09 bits per heavy atom. The molecule has 1 aromatic rings. The van der Waals surface area contributed by atoms with E-state index in [1.54, 1.807) is 21.3 Å². The first-order valence-electron chi connectivity index (χ1n) is 7.51. The van der Waals surface area contributed by atoms with Crippen molar-refractivity contribution in [3.63, 3.8) is 0 Å². The smallest absolute Gasteiger partial charge is 0.191 e. The van der Waals surface area contributed by atoms with Gasteiger partial charge in [-0.3, -0.25) is 0 Å². The molecule has 0 fully saturated rings. The maximum atomic E-state index is 5.43. The van der Waals surface area contributed by atoms with Crippen LogP contribution in [0, 0.1) is 0 Å². The number of benzene rings is 1. The van der Waals surface area contributed by atoms with E-state index < -0.39 is 0 Å². The fourth-order valence-electron chi connectivity index (χ4n) is 1.98. The van der Waals surface area contributed by atoms with Crippen molar-refractivity contribution in [2.24, 2.45) is 4.99 Å². The summed E-state index contributed by atoms with van der Waals surface area (Å²) in [6.07, 6.45) is 1.04. The zero-order valence-electron chi connectivity index (χ0n) is 14.2. The van der Waals surface area contributed by atoms with Crippen LogP contribution in [0.4, 0.5) is 0 Å². The van der Waals surface area contributed by atoms with Gasteiger partial charge in [0, 0.05) is 25.2 Å². The summed E-state index contributed by atoms with van der Waals surface area (Å²) in [5.41, 5.74) is 0.888. The van der Waals surface area contributed by atoms with Gasteiger partial charge in [0.15, 0.2) is 5.96 Å². The Morgan fingerprint density at radius 2 is 1.64 bits per heavy atom. The standard InChI is InChI=1S/C16H27N3O3/c1-6-8-18-16(17-7-2)19-11-13-14(21-4)9-12(20-3)10-15(13)22-5/h9-10H,6-8,11H2,1-5H3,(H2,17,18,19). The lowest BCUT2D eigenvalue weighted by Crippen LogP contribution is -2.37. The first-order valence-corrected chi connectivity index (χ1v) is 7.51. The van der Waals surface area contributed by atoms with Gasteiger partial charge in [-0.1, -0.05) is 6.92 Å². The number of ether oxygens (including phenoxy) is 3. The molecule has 0 saturated carbocycles. The number of nitrogens with zero attached hydrogens (tertiary/aromatic N) is 1. The zero-order valence-corrected chi connectivity index (χ0v) is 14.2. The minimum absolute atomic E-state index is 0.454. The van der Waals surface area contributed by atoms with Crippen molar-refractivity contribution in [3.05, 3.63) is 17.7 Å². The number of guanidine groups is 1. The summed E-state index contributed by atoms with van der Waals surface area (Å²) in [5.74, 6) is 2.87. The van der Waals surface area contributed by atoms with Crippen LogP contribution in [0.1, 0.15) is 25.8 Å². The van der Waals surface area contributed by atoms with E-state index in [-0.39, 0.29) is 0 Å². The monoisotopic (exact) mass is 309 g/mol. The third kappa shape index (κ3) is 5.02. The first-order chi connectivity index (χ1) is 10.7. The molecule has 0 aliphatic carbocycles. The Labute approximate surface area is 132 Å². The largest absolute Gasteiger partial charge is 0.496 e. The maximum Gasteiger partial charge on any atom is 0.191 e. The highest BCUT2D eigenvalue weighted by molar-refractivity contribution is 5.79. The molecule has 0 unspecified atom stereocenters. The summed E-state index contributed by atoms with van der Waals surface area (Å²) < 4.78 is 16.1. The van der Waals surface area contributed by atoms with Gasteiger partial charge in [0.05, 0.1) is 33.4 Å². The van der Waals surface area contributed by atoms with E-state index in [4.69, 9.17) is 14.2 Å². The van der Waals surface area contributed by atoms with E-state index in [1.165, 1.54) is 0 Å². The number of hydrogen-bond acceptors (Lipinski definition) is 4. The van der Waals surface area contributed by atoms with Crippen molar-refractivity contribution >= 4 is 5.96 Å². The molecule has 0 saturated heterocycles. The van der Waals surface area contributed by atoms with Gasteiger partial charge in [-0.25, -0.2) is 4.99 Å². The van der Waals surface area contributed by atoms with Crippen LogP contribution in [0.3, 0.4) is 0 Å². The number of methoxy groups -OCH3 is 3. The second-order valence-electron chi connectivity index (χ2n) is 4.63. The highest BCUT2D eigenvalue weighted by atomic mass is 16.5. The van der Waals surface area contributed by atoms with E-state index in [9.17, 15) is 0 Å². The van der Waals surface area contributed by atoms with Crippen molar-refractivity contribution in [2.45, 2.75) is 26.8 Å². The molecule has 0 atom stereocenters. The third-order valence-electron chi connectivity index (χ3n) is 3.10. The predicted molar refractivity (Wildman–Crippen MR) is 89.2 cm³/mol. The molecule has 0 aliphatic rings. The van der Waals surface area contributed by atoms with Crippen LogP contribution in [0.15, 0.2) is 17.1 Å². The number of rotatable bonds is 8. The van der Waals surface area contributed by atoms with E-state index in [1.807, 2.05) is 19.1 Å². The van der Waals surface area contributed by atoms with Crippen LogP contribution in [-0.4, -0.2) is 40.4 Å². The summed E-state index contributed by atoms with van der Waals surface area (Å²) in [6.45, 7) is 6.30. The Balaban J connectivity index is 3.03. The van der Waals surface area contributed by atoms with Crippen LogP contribution in [0.2, 0.25) is 0 Å². The molecule has 0 heterocycles. The van der Waals surface area contributed by atoms with Gasteiger partial charge in [0.1, 0.15) is 17.2 Å². The lowest BCUT2D eigenvalue weighted by molar-refractivity contribution is 0.369. The van der Waals surface area contributed by atoms with Crippen LogP contribution in [0.25, 0.3) is 0 Å². The van der Waals surface area contributed by atoms with Gasteiger partial charge in [0.25, 0.3) is 0 Å². The number of aliphatic imine (C=N–C) groups is 1. The van der Waals surface area contributed by atoms with Crippen molar-refractivity contribution in [2.75, 3.05) is 34.4 Å². The summed E-state index contributed by atoms with van der Waals surface area (Å²) in [7, 11) is 4.87. The molecule has 6 nitrogen and oxygen atoms in total. The van der Waals surface area contributed by atoms with Gasteiger partial charge in [-0.05, 0) is 13.3 Å². The molecule has 1 aromatic carbocycles. The van der Waals surface area contributed by atoms with Crippen LogP contribution in [0.5, 0.6) is 17.2 Å². The van der Waals surface area contributed by atoms with Crippen molar-refractivity contribution in [3.8, 4) is 17.2 Å². The lowest BCUT2D eigenvalue weighted by atomic mass is 10.1. The summed E-state index contributed by atoms with van der Waals surface area (Å²) in [5, 5.41) is 6.49. The van der Waals surface area contributed by atoms with Gasteiger partial charge in [-0.15, -0.1) is 0 Å². The average molecular weight is 309 g/mol. The molecule has 1 rings (SSSR count). The Hall–Kier alpha value is -2.11. The van der Waals surface area contributed by atoms with E-state index in [0.717, 1.165) is 31.0 Å². The van der Waals surface area contributed by atoms with Crippen molar-refractivity contribution < 1.29 is 14.2 Å². The molecule has 124 valence electrons. The molecule has 0 bridgehead atoms. The predicted octanol–water partition coefficient (Wildman–Crippen LogP) is 2.18. The van der Waals surface area contributed by atoms with Gasteiger partial charge in [0.2, 0.25) is 0 Å². The minimum Gasteiger partial charge on any atom is -0.496 e. The Bertz CT molecular complexity index is 465. The molecule has 2 N–H and O–H groups in total. The Morgan fingerprint density at radius 1 is 1.00 bits per heavy atom. The highest BCUT2D eigenvalue weighted by Gasteiger charge is 2.13.